The maximum absolute atomic E-state index is 13.7. The van der Waals surface area contributed by atoms with Gasteiger partial charge < -0.3 is 14.6 Å². The van der Waals surface area contributed by atoms with Crippen molar-refractivity contribution in [2.75, 3.05) is 24.7 Å². The standard InChI is InChI=1S/C19H18F3N5O3S/c1-3-27-18(13-5-4-8-30-13)24-25-19(27)31-10-15(29)26(2)9-14(28)23-12-7-6-11(20)16(21)17(12)22/h4-8H,3,9-10H2,1-2H3,(H,23,28). The van der Waals surface area contributed by atoms with Gasteiger partial charge in [-0.3, -0.25) is 14.2 Å². The van der Waals surface area contributed by atoms with E-state index in [0.29, 0.717) is 29.4 Å². The maximum atomic E-state index is 13.7. The van der Waals surface area contributed by atoms with Crippen molar-refractivity contribution in [1.29, 1.82) is 0 Å². The van der Waals surface area contributed by atoms with E-state index in [2.05, 4.69) is 15.5 Å². The highest BCUT2D eigenvalue weighted by atomic mass is 32.2. The lowest BCUT2D eigenvalue weighted by Gasteiger charge is -2.17. The number of thioether (sulfide) groups is 1. The van der Waals surface area contributed by atoms with E-state index >= 15 is 0 Å². The molecule has 0 atom stereocenters. The van der Waals surface area contributed by atoms with Crippen LogP contribution in [0.4, 0.5) is 18.9 Å². The number of hydrogen-bond donors (Lipinski definition) is 1. The van der Waals surface area contributed by atoms with Crippen LogP contribution in [0.25, 0.3) is 11.6 Å². The second-order valence-electron chi connectivity index (χ2n) is 6.34. The molecule has 1 aromatic carbocycles. The summed E-state index contributed by atoms with van der Waals surface area (Å²) in [5.41, 5.74) is -0.513. The molecule has 2 aromatic heterocycles. The van der Waals surface area contributed by atoms with Gasteiger partial charge in [0.1, 0.15) is 0 Å². The van der Waals surface area contributed by atoms with E-state index in [4.69, 9.17) is 4.42 Å². The molecule has 8 nitrogen and oxygen atoms in total. The third-order valence-electron chi connectivity index (χ3n) is 4.22. The maximum Gasteiger partial charge on any atom is 0.244 e. The molecule has 2 amide bonds. The van der Waals surface area contributed by atoms with Crippen molar-refractivity contribution < 1.29 is 27.2 Å². The molecule has 0 aliphatic heterocycles. The summed E-state index contributed by atoms with van der Waals surface area (Å²) in [6, 6.07) is 5.07. The van der Waals surface area contributed by atoms with Gasteiger partial charge in [0.2, 0.25) is 11.8 Å². The lowest BCUT2D eigenvalue weighted by molar-refractivity contribution is -0.131. The molecule has 0 saturated carbocycles. The number of amides is 2. The summed E-state index contributed by atoms with van der Waals surface area (Å²) in [4.78, 5) is 25.5. The smallest absolute Gasteiger partial charge is 0.244 e. The van der Waals surface area contributed by atoms with E-state index in [1.807, 2.05) is 6.92 Å². The molecule has 2 heterocycles. The molecule has 0 radical (unpaired) electrons. The van der Waals surface area contributed by atoms with Crippen LogP contribution in [0.5, 0.6) is 0 Å². The molecule has 12 heteroatoms. The molecule has 0 fully saturated rings. The van der Waals surface area contributed by atoms with Crippen LogP contribution in [-0.4, -0.2) is 50.8 Å². The number of aromatic nitrogens is 3. The Labute approximate surface area is 179 Å². The summed E-state index contributed by atoms with van der Waals surface area (Å²) in [5.74, 6) is -4.67. The normalized spacial score (nSPS) is 10.9. The second kappa shape index (κ2) is 9.69. The zero-order valence-corrected chi connectivity index (χ0v) is 17.4. The first kappa shape index (κ1) is 22.4. The van der Waals surface area contributed by atoms with Crippen LogP contribution in [0.3, 0.4) is 0 Å². The summed E-state index contributed by atoms with van der Waals surface area (Å²) in [5, 5.41) is 10.8. The van der Waals surface area contributed by atoms with Crippen molar-refractivity contribution in [3.05, 3.63) is 48.0 Å². The average molecular weight is 453 g/mol. The molecule has 3 aromatic rings. The quantitative estimate of drug-likeness (QED) is 0.416. The van der Waals surface area contributed by atoms with E-state index in [1.54, 1.807) is 16.7 Å². The average Bonchev–Trinajstić information content (AvgIpc) is 3.41. The fourth-order valence-electron chi connectivity index (χ4n) is 2.62. The highest BCUT2D eigenvalue weighted by molar-refractivity contribution is 7.99. The van der Waals surface area contributed by atoms with Crippen molar-refractivity contribution in [3.63, 3.8) is 0 Å². The Hall–Kier alpha value is -3.28. The topological polar surface area (TPSA) is 93.3 Å². The lowest BCUT2D eigenvalue weighted by Crippen LogP contribution is -2.36. The molecule has 31 heavy (non-hydrogen) atoms. The predicted octanol–water partition coefficient (Wildman–Crippen LogP) is 3.16. The van der Waals surface area contributed by atoms with Gasteiger partial charge >= 0.3 is 0 Å². The molecule has 0 spiro atoms. The van der Waals surface area contributed by atoms with Gasteiger partial charge in [-0.15, -0.1) is 10.2 Å². The first-order chi connectivity index (χ1) is 14.8. The third-order valence-corrected chi connectivity index (χ3v) is 5.17. The fraction of sp³-hybridized carbons (Fsp3) is 0.263. The molecular formula is C19H18F3N5O3S. The summed E-state index contributed by atoms with van der Waals surface area (Å²) >= 11 is 1.14. The zero-order valence-electron chi connectivity index (χ0n) is 16.6. The second-order valence-corrected chi connectivity index (χ2v) is 7.28. The number of rotatable bonds is 8. The monoisotopic (exact) mass is 453 g/mol. The number of likely N-dealkylation sites (N-methyl/N-ethyl adjacent to an activating group) is 1. The summed E-state index contributed by atoms with van der Waals surface area (Å²) in [6.45, 7) is 2.04. The van der Waals surface area contributed by atoms with E-state index in [1.165, 1.54) is 13.3 Å². The third kappa shape index (κ3) is 5.08. The number of benzene rings is 1. The molecule has 0 unspecified atom stereocenters. The van der Waals surface area contributed by atoms with Crippen molar-refractivity contribution in [2.24, 2.45) is 0 Å². The molecule has 164 valence electrons. The molecular weight excluding hydrogens is 435 g/mol. The highest BCUT2D eigenvalue weighted by Crippen LogP contribution is 2.24. The first-order valence-corrected chi connectivity index (χ1v) is 10.1. The number of carbonyl (C=O) groups excluding carboxylic acids is 2. The highest BCUT2D eigenvalue weighted by Gasteiger charge is 2.20. The number of nitrogens with one attached hydrogen (secondary N) is 1. The molecule has 0 aliphatic rings. The van der Waals surface area contributed by atoms with Crippen LogP contribution < -0.4 is 5.32 Å². The Morgan fingerprint density at radius 1 is 1.19 bits per heavy atom. The van der Waals surface area contributed by atoms with E-state index < -0.39 is 41.5 Å². The minimum Gasteiger partial charge on any atom is -0.461 e. The molecule has 0 saturated heterocycles. The van der Waals surface area contributed by atoms with E-state index in [9.17, 15) is 22.8 Å². The molecule has 3 rings (SSSR count). The Balaban J connectivity index is 1.56. The Morgan fingerprint density at radius 2 is 1.97 bits per heavy atom. The Morgan fingerprint density at radius 3 is 2.65 bits per heavy atom. The van der Waals surface area contributed by atoms with Gasteiger partial charge in [-0.2, -0.15) is 0 Å². The van der Waals surface area contributed by atoms with Gasteiger partial charge in [0.25, 0.3) is 0 Å². The predicted molar refractivity (Wildman–Crippen MR) is 107 cm³/mol. The van der Waals surface area contributed by atoms with E-state index in [-0.39, 0.29) is 5.75 Å². The fourth-order valence-corrected chi connectivity index (χ4v) is 3.56. The molecule has 0 bridgehead atoms. The zero-order chi connectivity index (χ0) is 22.5. The van der Waals surface area contributed by atoms with Crippen LogP contribution in [-0.2, 0) is 16.1 Å². The van der Waals surface area contributed by atoms with Gasteiger partial charge in [0, 0.05) is 13.6 Å². The van der Waals surface area contributed by atoms with Crippen LogP contribution in [0.1, 0.15) is 6.92 Å². The number of hydrogen-bond acceptors (Lipinski definition) is 6. The number of furan rings is 1. The minimum atomic E-state index is -1.69. The van der Waals surface area contributed by atoms with Gasteiger partial charge in [-0.25, -0.2) is 13.2 Å². The van der Waals surface area contributed by atoms with Crippen LogP contribution in [0.15, 0.2) is 40.1 Å². The number of carbonyl (C=O) groups is 2. The summed E-state index contributed by atoms with van der Waals surface area (Å²) in [6.07, 6.45) is 1.52. The van der Waals surface area contributed by atoms with Gasteiger partial charge in [-0.1, -0.05) is 11.8 Å². The van der Waals surface area contributed by atoms with Crippen molar-refractivity contribution in [1.82, 2.24) is 19.7 Å². The summed E-state index contributed by atoms with van der Waals surface area (Å²) in [7, 11) is 1.39. The number of halogens is 3. The molecule has 1 N–H and O–H groups in total. The van der Waals surface area contributed by atoms with Crippen LogP contribution in [0, 0.1) is 17.5 Å². The Bertz CT molecular complexity index is 1090. The van der Waals surface area contributed by atoms with Crippen LogP contribution in [0.2, 0.25) is 0 Å². The molecule has 0 aliphatic carbocycles. The minimum absolute atomic E-state index is 0.0282. The van der Waals surface area contributed by atoms with Gasteiger partial charge in [-0.05, 0) is 31.2 Å². The van der Waals surface area contributed by atoms with Crippen molar-refractivity contribution in [2.45, 2.75) is 18.6 Å². The first-order valence-electron chi connectivity index (χ1n) is 9.09. The lowest BCUT2D eigenvalue weighted by atomic mass is 10.2. The largest absolute Gasteiger partial charge is 0.461 e. The van der Waals surface area contributed by atoms with Crippen LogP contribution >= 0.6 is 11.8 Å². The van der Waals surface area contributed by atoms with Crippen molar-refractivity contribution in [3.8, 4) is 11.6 Å². The van der Waals surface area contributed by atoms with Gasteiger partial charge in [0.05, 0.1) is 24.2 Å². The number of anilines is 1. The SMILES string of the molecule is CCn1c(SCC(=O)N(C)CC(=O)Nc2ccc(F)c(F)c2F)nnc1-c1ccco1. The number of nitrogens with zero attached hydrogens (tertiary/aromatic N) is 4. The van der Waals surface area contributed by atoms with E-state index in [0.717, 1.165) is 22.7 Å². The van der Waals surface area contributed by atoms with Gasteiger partial charge in [0.15, 0.2) is 34.2 Å². The Kier molecular flexibility index (Phi) is 7.00. The van der Waals surface area contributed by atoms with Crippen molar-refractivity contribution >= 4 is 29.3 Å². The summed E-state index contributed by atoms with van der Waals surface area (Å²) < 4.78 is 47.0.